The predicted octanol–water partition coefficient (Wildman–Crippen LogP) is -0.211. The fourth-order valence-corrected chi connectivity index (χ4v) is 1.02. The van der Waals surface area contributed by atoms with Gasteiger partial charge in [0.25, 0.3) is 0 Å². The summed E-state index contributed by atoms with van der Waals surface area (Å²) in [6, 6.07) is 0. The van der Waals surface area contributed by atoms with Crippen LogP contribution in [0.3, 0.4) is 0 Å². The second-order valence-electron chi connectivity index (χ2n) is 3.18. The van der Waals surface area contributed by atoms with Crippen LogP contribution in [0.25, 0.3) is 0 Å². The lowest BCUT2D eigenvalue weighted by atomic mass is 9.97. The minimum atomic E-state index is -1.76. The zero-order valence-electron chi connectivity index (χ0n) is 9.52. The van der Waals surface area contributed by atoms with Gasteiger partial charge in [0.05, 0.1) is 13.2 Å². The van der Waals surface area contributed by atoms with Crippen molar-refractivity contribution in [3.05, 3.63) is 0 Å². The highest BCUT2D eigenvalue weighted by molar-refractivity contribution is 5.98. The first-order valence-electron chi connectivity index (χ1n) is 5.08. The van der Waals surface area contributed by atoms with Crippen molar-refractivity contribution >= 4 is 18.2 Å². The van der Waals surface area contributed by atoms with Gasteiger partial charge in [-0.1, -0.05) is 0 Å². The van der Waals surface area contributed by atoms with Crippen molar-refractivity contribution in [2.24, 2.45) is 5.73 Å². The van der Waals surface area contributed by atoms with Crippen LogP contribution in [0, 0.1) is 0 Å². The third kappa shape index (κ3) is 4.39. The van der Waals surface area contributed by atoms with E-state index in [9.17, 15) is 14.4 Å². The first kappa shape index (κ1) is 14.6. The molecular weight excluding hydrogens is 214 g/mol. The van der Waals surface area contributed by atoms with Crippen LogP contribution in [0.4, 0.5) is 0 Å². The van der Waals surface area contributed by atoms with Gasteiger partial charge in [-0.05, 0) is 20.3 Å². The fourth-order valence-electron chi connectivity index (χ4n) is 1.02. The van der Waals surface area contributed by atoms with Gasteiger partial charge in [0, 0.05) is 6.42 Å². The highest BCUT2D eigenvalue weighted by atomic mass is 16.5. The lowest BCUT2D eigenvalue weighted by molar-refractivity contribution is -0.152. The SMILES string of the molecule is CCOC(=O)CCC(N)(C=O)C(=O)OCC. The standard InChI is InChI=1S/C10H17NO5/c1-3-15-8(13)5-6-10(11,7-12)9(14)16-4-2/h7H,3-6,11H2,1-2H3. The van der Waals surface area contributed by atoms with Crippen LogP contribution in [0.2, 0.25) is 0 Å². The second kappa shape index (κ2) is 6.95. The van der Waals surface area contributed by atoms with Crippen molar-refractivity contribution < 1.29 is 23.9 Å². The Bertz CT molecular complexity index is 266. The molecule has 0 saturated heterocycles. The zero-order chi connectivity index (χ0) is 12.6. The molecule has 0 fully saturated rings. The lowest BCUT2D eigenvalue weighted by Gasteiger charge is -2.19. The van der Waals surface area contributed by atoms with Crippen molar-refractivity contribution in [1.82, 2.24) is 0 Å². The largest absolute Gasteiger partial charge is 0.466 e. The van der Waals surface area contributed by atoms with E-state index in [2.05, 4.69) is 9.47 Å². The van der Waals surface area contributed by atoms with Crippen LogP contribution in [0.1, 0.15) is 26.7 Å². The average Bonchev–Trinajstić information content (AvgIpc) is 2.26. The number of ether oxygens (including phenoxy) is 2. The maximum absolute atomic E-state index is 11.3. The number of carbonyl (C=O) groups is 3. The first-order valence-corrected chi connectivity index (χ1v) is 5.08. The van der Waals surface area contributed by atoms with E-state index in [4.69, 9.17) is 5.73 Å². The molecule has 0 saturated carbocycles. The second-order valence-corrected chi connectivity index (χ2v) is 3.18. The molecule has 0 rings (SSSR count). The number of nitrogens with two attached hydrogens (primary N) is 1. The molecule has 0 aliphatic rings. The Labute approximate surface area is 94.1 Å². The average molecular weight is 231 g/mol. The molecule has 2 N–H and O–H groups in total. The van der Waals surface area contributed by atoms with Gasteiger partial charge in [-0.15, -0.1) is 0 Å². The number of aldehydes is 1. The topological polar surface area (TPSA) is 95.7 Å². The molecule has 92 valence electrons. The summed E-state index contributed by atoms with van der Waals surface area (Å²) < 4.78 is 9.30. The van der Waals surface area contributed by atoms with Gasteiger partial charge in [-0.3, -0.25) is 4.79 Å². The molecule has 0 aromatic rings. The fraction of sp³-hybridized carbons (Fsp3) is 0.700. The van der Waals surface area contributed by atoms with Crippen LogP contribution in [-0.2, 0) is 23.9 Å². The summed E-state index contributed by atoms with van der Waals surface area (Å²) in [5, 5.41) is 0. The molecule has 1 unspecified atom stereocenters. The quantitative estimate of drug-likeness (QED) is 0.370. The molecule has 0 aromatic heterocycles. The molecule has 0 spiro atoms. The molecule has 6 heteroatoms. The van der Waals surface area contributed by atoms with Crippen LogP contribution in [-0.4, -0.2) is 37.0 Å². The summed E-state index contributed by atoms with van der Waals surface area (Å²) in [5.74, 6) is -1.32. The number of hydrogen-bond acceptors (Lipinski definition) is 6. The summed E-state index contributed by atoms with van der Waals surface area (Å²) in [4.78, 5) is 33.1. The summed E-state index contributed by atoms with van der Waals surface area (Å²) >= 11 is 0. The third-order valence-electron chi connectivity index (χ3n) is 1.91. The van der Waals surface area contributed by atoms with E-state index in [-0.39, 0.29) is 26.1 Å². The van der Waals surface area contributed by atoms with Crippen LogP contribution in [0.5, 0.6) is 0 Å². The van der Waals surface area contributed by atoms with E-state index in [1.54, 1.807) is 13.8 Å². The minimum absolute atomic E-state index is 0.0953. The monoisotopic (exact) mass is 231 g/mol. The van der Waals surface area contributed by atoms with Crippen LogP contribution >= 0.6 is 0 Å². The Morgan fingerprint density at radius 1 is 1.25 bits per heavy atom. The highest BCUT2D eigenvalue weighted by Crippen LogP contribution is 2.10. The predicted molar refractivity (Wildman–Crippen MR) is 55.5 cm³/mol. The van der Waals surface area contributed by atoms with Crippen molar-refractivity contribution in [2.45, 2.75) is 32.2 Å². The molecule has 16 heavy (non-hydrogen) atoms. The Hall–Kier alpha value is -1.43. The highest BCUT2D eigenvalue weighted by Gasteiger charge is 2.35. The van der Waals surface area contributed by atoms with Crippen molar-refractivity contribution in [3.63, 3.8) is 0 Å². The molecular formula is C10H17NO5. The normalized spacial score (nSPS) is 13.7. The van der Waals surface area contributed by atoms with E-state index in [0.717, 1.165) is 0 Å². The Balaban J connectivity index is 4.31. The Morgan fingerprint density at radius 3 is 2.25 bits per heavy atom. The maximum Gasteiger partial charge on any atom is 0.333 e. The van der Waals surface area contributed by atoms with Crippen molar-refractivity contribution in [1.29, 1.82) is 0 Å². The zero-order valence-corrected chi connectivity index (χ0v) is 9.52. The molecule has 0 radical (unpaired) electrons. The molecule has 1 atom stereocenters. The van der Waals surface area contributed by atoms with Gasteiger partial charge in [-0.25, -0.2) is 4.79 Å². The molecule has 0 aliphatic heterocycles. The van der Waals surface area contributed by atoms with Crippen molar-refractivity contribution in [3.8, 4) is 0 Å². The number of esters is 2. The number of rotatable bonds is 7. The summed E-state index contributed by atoms with van der Waals surface area (Å²) in [7, 11) is 0. The Kier molecular flexibility index (Phi) is 6.32. The molecule has 6 nitrogen and oxygen atoms in total. The third-order valence-corrected chi connectivity index (χ3v) is 1.91. The molecule has 0 amide bonds. The van der Waals surface area contributed by atoms with E-state index in [1.165, 1.54) is 0 Å². The van der Waals surface area contributed by atoms with Crippen molar-refractivity contribution in [2.75, 3.05) is 13.2 Å². The number of hydrogen-bond donors (Lipinski definition) is 1. The van der Waals surface area contributed by atoms with Gasteiger partial charge in [0.1, 0.15) is 0 Å². The molecule has 0 heterocycles. The smallest absolute Gasteiger partial charge is 0.333 e. The van der Waals surface area contributed by atoms with E-state index >= 15 is 0 Å². The molecule has 0 aromatic carbocycles. The summed E-state index contributed by atoms with van der Waals surface area (Å²) in [6.45, 7) is 3.65. The minimum Gasteiger partial charge on any atom is -0.466 e. The van der Waals surface area contributed by atoms with Gasteiger partial charge in [0.2, 0.25) is 0 Å². The van der Waals surface area contributed by atoms with E-state index in [0.29, 0.717) is 6.29 Å². The molecule has 0 bridgehead atoms. The Morgan fingerprint density at radius 2 is 1.81 bits per heavy atom. The molecule has 0 aliphatic carbocycles. The lowest BCUT2D eigenvalue weighted by Crippen LogP contribution is -2.51. The number of carbonyl (C=O) groups excluding carboxylic acids is 3. The van der Waals surface area contributed by atoms with Gasteiger partial charge >= 0.3 is 11.9 Å². The van der Waals surface area contributed by atoms with Crippen LogP contribution < -0.4 is 5.73 Å². The first-order chi connectivity index (χ1) is 7.50. The van der Waals surface area contributed by atoms with Gasteiger partial charge in [-0.2, -0.15) is 0 Å². The van der Waals surface area contributed by atoms with E-state index < -0.39 is 17.5 Å². The summed E-state index contributed by atoms with van der Waals surface area (Å²) in [6.07, 6.45) is 0.0836. The summed E-state index contributed by atoms with van der Waals surface area (Å²) in [5.41, 5.74) is 3.76. The van der Waals surface area contributed by atoms with E-state index in [1.807, 2.05) is 0 Å². The van der Waals surface area contributed by atoms with Crippen LogP contribution in [0.15, 0.2) is 0 Å². The van der Waals surface area contributed by atoms with Gasteiger partial charge in [0.15, 0.2) is 11.8 Å². The maximum atomic E-state index is 11.3. The van der Waals surface area contributed by atoms with Gasteiger partial charge < -0.3 is 20.0 Å².